The molecule has 3 atom stereocenters. The highest BCUT2D eigenvalue weighted by Crippen LogP contribution is 2.57. The molecule has 0 unspecified atom stereocenters. The van der Waals surface area contributed by atoms with Crippen molar-refractivity contribution in [2.45, 2.75) is 83.4 Å². The minimum atomic E-state index is -1.89. The molecule has 2 fully saturated rings. The van der Waals surface area contributed by atoms with Gasteiger partial charge in [0.25, 0.3) is 0 Å². The van der Waals surface area contributed by atoms with Gasteiger partial charge in [-0.1, -0.05) is 39.8 Å². The summed E-state index contributed by atoms with van der Waals surface area (Å²) < 4.78 is 23.9. The Morgan fingerprint density at radius 2 is 1.83 bits per heavy atom. The molecule has 0 spiro atoms. The number of benzene rings is 1. The van der Waals surface area contributed by atoms with E-state index in [2.05, 4.69) is 40.8 Å². The van der Waals surface area contributed by atoms with Gasteiger partial charge < -0.3 is 18.6 Å². The lowest BCUT2D eigenvalue weighted by Crippen LogP contribution is -2.45. The normalized spacial score (nSPS) is 29.6. The third-order valence-corrected chi connectivity index (χ3v) is 11.7. The van der Waals surface area contributed by atoms with Crippen LogP contribution in [0.2, 0.25) is 18.1 Å². The number of ether oxygens (including phenoxy) is 3. The summed E-state index contributed by atoms with van der Waals surface area (Å²) in [4.78, 5) is 12.2. The average molecular weight is 421 g/mol. The van der Waals surface area contributed by atoms with Gasteiger partial charge >= 0.3 is 5.97 Å². The van der Waals surface area contributed by atoms with Gasteiger partial charge in [-0.3, -0.25) is 4.79 Å². The van der Waals surface area contributed by atoms with Crippen LogP contribution in [0.15, 0.2) is 24.3 Å². The smallest absolute Gasteiger partial charge is 0.307 e. The molecule has 0 radical (unpaired) electrons. The molecule has 0 amide bonds. The average Bonchev–Trinajstić information content (AvgIpc) is 2.97. The maximum atomic E-state index is 12.2. The fraction of sp³-hybridized carbons (Fsp3) is 0.696. The second-order valence-corrected chi connectivity index (χ2v) is 15.2. The number of rotatable bonds is 7. The topological polar surface area (TPSA) is 54.0 Å². The standard InChI is InChI=1S/C23H36O5Si/c1-21(2,3)29(6,7)28-19-12-22(4)14-20(24)27-23(22,13-19)16-26-15-17-8-10-18(25-5)11-9-17/h8-11,19H,12-16H2,1-7H3/t19-,22+,23-/m1/s1. The summed E-state index contributed by atoms with van der Waals surface area (Å²) in [6.45, 7) is 14.4. The number of hydrogen-bond donors (Lipinski definition) is 0. The highest BCUT2D eigenvalue weighted by molar-refractivity contribution is 6.74. The molecule has 6 heteroatoms. The van der Waals surface area contributed by atoms with Crippen LogP contribution in [0.5, 0.6) is 5.75 Å². The zero-order valence-electron chi connectivity index (χ0n) is 19.0. The van der Waals surface area contributed by atoms with E-state index in [1.165, 1.54) is 0 Å². The van der Waals surface area contributed by atoms with E-state index >= 15 is 0 Å². The van der Waals surface area contributed by atoms with E-state index in [0.29, 0.717) is 26.1 Å². The summed E-state index contributed by atoms with van der Waals surface area (Å²) in [6.07, 6.45) is 2.11. The summed E-state index contributed by atoms with van der Waals surface area (Å²) in [6, 6.07) is 7.84. The van der Waals surface area contributed by atoms with E-state index < -0.39 is 13.9 Å². The van der Waals surface area contributed by atoms with Crippen molar-refractivity contribution in [1.82, 2.24) is 0 Å². The maximum Gasteiger partial charge on any atom is 0.307 e. The Morgan fingerprint density at radius 1 is 1.17 bits per heavy atom. The third-order valence-electron chi connectivity index (χ3n) is 7.21. The van der Waals surface area contributed by atoms with Crippen molar-refractivity contribution < 1.29 is 23.4 Å². The largest absolute Gasteiger partial charge is 0.497 e. The van der Waals surface area contributed by atoms with Crippen molar-refractivity contribution in [3.8, 4) is 5.75 Å². The number of hydrogen-bond acceptors (Lipinski definition) is 5. The van der Waals surface area contributed by atoms with Crippen molar-refractivity contribution >= 4 is 14.3 Å². The van der Waals surface area contributed by atoms with Crippen LogP contribution in [0.1, 0.15) is 52.5 Å². The molecule has 29 heavy (non-hydrogen) atoms. The van der Waals surface area contributed by atoms with Crippen LogP contribution in [0.3, 0.4) is 0 Å². The van der Waals surface area contributed by atoms with Crippen LogP contribution in [0.4, 0.5) is 0 Å². The quantitative estimate of drug-likeness (QED) is 0.454. The molecule has 2 aliphatic rings. The third kappa shape index (κ3) is 4.39. The second-order valence-electron chi connectivity index (χ2n) is 10.5. The first-order chi connectivity index (χ1) is 13.4. The van der Waals surface area contributed by atoms with E-state index in [1.54, 1.807) is 7.11 Å². The predicted octanol–water partition coefficient (Wildman–Crippen LogP) is 5.09. The second kappa shape index (κ2) is 7.71. The molecule has 162 valence electrons. The van der Waals surface area contributed by atoms with Crippen molar-refractivity contribution in [3.63, 3.8) is 0 Å². The summed E-state index contributed by atoms with van der Waals surface area (Å²) >= 11 is 0. The predicted molar refractivity (Wildman–Crippen MR) is 116 cm³/mol. The highest BCUT2D eigenvalue weighted by Gasteiger charge is 2.64. The number of fused-ring (bicyclic) bond motifs is 1. The van der Waals surface area contributed by atoms with Crippen molar-refractivity contribution in [1.29, 1.82) is 0 Å². The van der Waals surface area contributed by atoms with Crippen LogP contribution >= 0.6 is 0 Å². The van der Waals surface area contributed by atoms with Crippen LogP contribution in [0.25, 0.3) is 0 Å². The molecule has 0 N–H and O–H groups in total. The van der Waals surface area contributed by atoms with Crippen LogP contribution < -0.4 is 4.74 Å². The Balaban J connectivity index is 1.68. The van der Waals surface area contributed by atoms with Crippen molar-refractivity contribution in [3.05, 3.63) is 29.8 Å². The van der Waals surface area contributed by atoms with Gasteiger partial charge in [0.05, 0.1) is 26.7 Å². The molecule has 1 heterocycles. The number of carbonyl (C=O) groups excluding carboxylic acids is 1. The zero-order valence-corrected chi connectivity index (χ0v) is 20.0. The van der Waals surface area contributed by atoms with E-state index in [0.717, 1.165) is 17.7 Å². The van der Waals surface area contributed by atoms with Crippen molar-refractivity contribution in [2.24, 2.45) is 5.41 Å². The molecule has 1 aromatic carbocycles. The maximum absolute atomic E-state index is 12.2. The molecule has 0 bridgehead atoms. The van der Waals surface area contributed by atoms with Gasteiger partial charge in [-0.05, 0) is 42.2 Å². The molecule has 0 aromatic heterocycles. The Labute approximate surface area is 176 Å². The minimum Gasteiger partial charge on any atom is -0.497 e. The first-order valence-corrected chi connectivity index (χ1v) is 13.4. The first kappa shape index (κ1) is 22.3. The molecule has 1 aliphatic heterocycles. The fourth-order valence-electron chi connectivity index (χ4n) is 4.34. The first-order valence-electron chi connectivity index (χ1n) is 10.5. The van der Waals surface area contributed by atoms with E-state index in [1.807, 2.05) is 24.3 Å². The lowest BCUT2D eigenvalue weighted by Gasteiger charge is -2.39. The molecule has 3 rings (SSSR count). The number of esters is 1. The molecule has 5 nitrogen and oxygen atoms in total. The molecular formula is C23H36O5Si. The zero-order chi connectivity index (χ0) is 21.5. The summed E-state index contributed by atoms with van der Waals surface area (Å²) in [5.41, 5.74) is 0.237. The Bertz CT molecular complexity index is 739. The van der Waals surface area contributed by atoms with Gasteiger partial charge in [-0.2, -0.15) is 0 Å². The van der Waals surface area contributed by atoms with Gasteiger partial charge in [0.1, 0.15) is 11.4 Å². The van der Waals surface area contributed by atoms with Crippen LogP contribution in [-0.2, 0) is 25.3 Å². The van der Waals surface area contributed by atoms with Gasteiger partial charge in [0.15, 0.2) is 8.32 Å². The van der Waals surface area contributed by atoms with Gasteiger partial charge in [0.2, 0.25) is 0 Å². The lowest BCUT2D eigenvalue weighted by atomic mass is 9.76. The molecule has 1 aromatic rings. The molecule has 1 saturated carbocycles. The van der Waals surface area contributed by atoms with Gasteiger partial charge in [-0.15, -0.1) is 0 Å². The van der Waals surface area contributed by atoms with Crippen molar-refractivity contribution in [2.75, 3.05) is 13.7 Å². The fourth-order valence-corrected chi connectivity index (χ4v) is 5.69. The SMILES string of the molecule is COc1ccc(COC[C@]23C[C@H](O[Si](C)(C)C(C)(C)C)C[C@@]2(C)CC(=O)O3)cc1. The van der Waals surface area contributed by atoms with Crippen LogP contribution in [0, 0.1) is 5.41 Å². The molecule has 1 aliphatic carbocycles. The summed E-state index contributed by atoms with van der Waals surface area (Å²) in [5, 5.41) is 0.153. The summed E-state index contributed by atoms with van der Waals surface area (Å²) in [7, 11) is -0.232. The number of carbonyl (C=O) groups is 1. The molecular weight excluding hydrogens is 384 g/mol. The Hall–Kier alpha value is -1.37. The summed E-state index contributed by atoms with van der Waals surface area (Å²) in [5.74, 6) is 0.706. The van der Waals surface area contributed by atoms with E-state index in [4.69, 9.17) is 18.6 Å². The monoisotopic (exact) mass is 420 g/mol. The van der Waals surface area contributed by atoms with Gasteiger partial charge in [-0.25, -0.2) is 0 Å². The van der Waals surface area contributed by atoms with E-state index in [9.17, 15) is 4.79 Å². The highest BCUT2D eigenvalue weighted by atomic mass is 28.4. The molecule has 1 saturated heterocycles. The Kier molecular flexibility index (Phi) is 5.93. The number of methoxy groups -OCH3 is 1. The minimum absolute atomic E-state index is 0.110. The Morgan fingerprint density at radius 3 is 2.41 bits per heavy atom. The lowest BCUT2D eigenvalue weighted by molar-refractivity contribution is -0.158. The van der Waals surface area contributed by atoms with Gasteiger partial charge in [0, 0.05) is 17.9 Å². The van der Waals surface area contributed by atoms with E-state index in [-0.39, 0.29) is 22.5 Å². The van der Waals surface area contributed by atoms with Crippen LogP contribution in [-0.4, -0.2) is 39.7 Å².